The van der Waals surface area contributed by atoms with Gasteiger partial charge in [0.2, 0.25) is 11.9 Å². The number of rotatable bonds is 8. The second kappa shape index (κ2) is 10.2. The van der Waals surface area contributed by atoms with Crippen LogP contribution in [-0.2, 0) is 17.6 Å². The van der Waals surface area contributed by atoms with E-state index in [2.05, 4.69) is 44.3 Å². The Morgan fingerprint density at radius 1 is 1.14 bits per heavy atom. The summed E-state index contributed by atoms with van der Waals surface area (Å²) < 4.78 is 11.8. The smallest absolute Gasteiger partial charge is 0.239 e. The van der Waals surface area contributed by atoms with Crippen LogP contribution in [0, 0.1) is 0 Å². The first kappa shape index (κ1) is 23.0. The summed E-state index contributed by atoms with van der Waals surface area (Å²) in [4.78, 5) is 21.7. The van der Waals surface area contributed by atoms with E-state index in [9.17, 15) is 4.79 Å². The molecule has 9 heteroatoms. The van der Waals surface area contributed by atoms with Gasteiger partial charge in [0.05, 0.1) is 25.7 Å². The molecule has 1 unspecified atom stereocenters. The lowest BCUT2D eigenvalue weighted by atomic mass is 9.96. The van der Waals surface area contributed by atoms with Crippen molar-refractivity contribution >= 4 is 17.5 Å². The van der Waals surface area contributed by atoms with Crippen LogP contribution in [0.4, 0.5) is 11.6 Å². The van der Waals surface area contributed by atoms with Crippen LogP contribution in [0.2, 0.25) is 0 Å². The third-order valence-electron chi connectivity index (χ3n) is 6.84. The number of methoxy groups -OCH3 is 1. The number of anilines is 2. The minimum Gasteiger partial charge on any atom is -0.493 e. The molecule has 9 nitrogen and oxygen atoms in total. The van der Waals surface area contributed by atoms with E-state index < -0.39 is 0 Å². The number of amides is 1. The Kier molecular flexibility index (Phi) is 6.74. The number of benzene rings is 2. The number of nitrogens with one attached hydrogen (secondary N) is 1. The Morgan fingerprint density at radius 3 is 2.66 bits per heavy atom. The summed E-state index contributed by atoms with van der Waals surface area (Å²) >= 11 is 0. The number of aromatic nitrogens is 3. The van der Waals surface area contributed by atoms with Gasteiger partial charge in [-0.1, -0.05) is 30.3 Å². The fourth-order valence-electron chi connectivity index (χ4n) is 4.74. The van der Waals surface area contributed by atoms with Crippen molar-refractivity contribution in [1.82, 2.24) is 20.1 Å². The van der Waals surface area contributed by atoms with Crippen LogP contribution in [0.25, 0.3) is 0 Å². The van der Waals surface area contributed by atoms with Crippen molar-refractivity contribution in [3.05, 3.63) is 59.9 Å². The molecule has 0 radical (unpaired) electrons. The van der Waals surface area contributed by atoms with Crippen LogP contribution in [0.5, 0.6) is 11.5 Å². The molecule has 0 bridgehead atoms. The lowest BCUT2D eigenvalue weighted by molar-refractivity contribution is -0.133. The first-order chi connectivity index (χ1) is 17.1. The molecule has 1 saturated carbocycles. The average Bonchev–Trinajstić information content (AvgIpc) is 3.26. The van der Waals surface area contributed by atoms with Crippen LogP contribution in [0.3, 0.4) is 0 Å². The van der Waals surface area contributed by atoms with Crippen molar-refractivity contribution in [3.8, 4) is 11.5 Å². The molecule has 1 amide bonds. The van der Waals surface area contributed by atoms with Gasteiger partial charge >= 0.3 is 0 Å². The number of hydrogen-bond donors (Lipinski definition) is 2. The number of nitrogens with two attached hydrogens (primary N) is 1. The van der Waals surface area contributed by atoms with Gasteiger partial charge in [0, 0.05) is 31.4 Å². The minimum absolute atomic E-state index is 0.0111. The van der Waals surface area contributed by atoms with Crippen LogP contribution >= 0.6 is 0 Å². The summed E-state index contributed by atoms with van der Waals surface area (Å²) in [6.45, 7) is 2.06. The van der Waals surface area contributed by atoms with E-state index in [0.29, 0.717) is 18.9 Å². The SMILES string of the molecule is COc1ccc(N2CCN(C(=O)Cc3nc(N)n[nH]3)C(Cc3ccccc3)C2)cc1OC1CCC1. The molecule has 5 rings (SSSR count). The maximum absolute atomic E-state index is 13.3. The first-order valence-corrected chi connectivity index (χ1v) is 12.2. The van der Waals surface area contributed by atoms with Crippen molar-refractivity contribution in [2.24, 2.45) is 0 Å². The second-order valence-corrected chi connectivity index (χ2v) is 9.20. The summed E-state index contributed by atoms with van der Waals surface area (Å²) in [6, 6.07) is 16.4. The highest BCUT2D eigenvalue weighted by atomic mass is 16.5. The minimum atomic E-state index is 0.0111. The van der Waals surface area contributed by atoms with Gasteiger partial charge in [-0.25, -0.2) is 0 Å². The van der Waals surface area contributed by atoms with E-state index in [4.69, 9.17) is 15.2 Å². The zero-order chi connectivity index (χ0) is 24.2. The van der Waals surface area contributed by atoms with E-state index in [-0.39, 0.29) is 30.4 Å². The molecule has 1 aliphatic carbocycles. The molecule has 1 saturated heterocycles. The van der Waals surface area contributed by atoms with Gasteiger partial charge in [-0.2, -0.15) is 4.98 Å². The maximum atomic E-state index is 13.3. The van der Waals surface area contributed by atoms with Gasteiger partial charge < -0.3 is 25.0 Å². The van der Waals surface area contributed by atoms with Gasteiger partial charge in [-0.15, -0.1) is 5.10 Å². The van der Waals surface area contributed by atoms with Crippen molar-refractivity contribution in [3.63, 3.8) is 0 Å². The fraction of sp³-hybridized carbons (Fsp3) is 0.423. The Bertz CT molecular complexity index is 1150. The number of nitrogen functional groups attached to an aromatic ring is 1. The Morgan fingerprint density at radius 2 is 1.97 bits per heavy atom. The zero-order valence-corrected chi connectivity index (χ0v) is 20.0. The number of H-pyrrole nitrogens is 1. The summed E-state index contributed by atoms with van der Waals surface area (Å²) in [5, 5.41) is 6.59. The molecule has 2 fully saturated rings. The molecule has 2 aromatic carbocycles. The number of carbonyl (C=O) groups is 1. The Labute approximate surface area is 205 Å². The molecule has 2 heterocycles. The average molecular weight is 477 g/mol. The molecule has 3 aromatic rings. The number of hydrogen-bond acceptors (Lipinski definition) is 7. The van der Waals surface area contributed by atoms with Crippen LogP contribution in [0.1, 0.15) is 30.7 Å². The third-order valence-corrected chi connectivity index (χ3v) is 6.84. The predicted molar refractivity (Wildman–Crippen MR) is 134 cm³/mol. The molecule has 0 spiro atoms. The predicted octanol–water partition coefficient (Wildman–Crippen LogP) is 2.83. The standard InChI is InChI=1S/C26H32N6O3/c1-34-22-11-10-19(15-23(22)35-21-8-5-9-21)31-12-13-32(25(33)16-24-28-26(27)30-29-24)20(17-31)14-18-6-3-2-4-7-18/h2-4,6-7,10-11,15,20-21H,5,8-9,12-14,16-17H2,1H3,(H3,27,28,29,30). The molecule has 35 heavy (non-hydrogen) atoms. The Balaban J connectivity index is 1.35. The van der Waals surface area contributed by atoms with Gasteiger partial charge in [0.15, 0.2) is 11.5 Å². The molecule has 1 aromatic heterocycles. The van der Waals surface area contributed by atoms with Gasteiger partial charge in [0.1, 0.15) is 5.82 Å². The molecule has 184 valence electrons. The maximum Gasteiger partial charge on any atom is 0.239 e. The summed E-state index contributed by atoms with van der Waals surface area (Å²) in [6.07, 6.45) is 4.57. The Hall–Kier alpha value is -3.75. The van der Waals surface area contributed by atoms with Crippen LogP contribution in [0.15, 0.2) is 48.5 Å². The highest BCUT2D eigenvalue weighted by molar-refractivity contribution is 5.79. The largest absolute Gasteiger partial charge is 0.493 e. The fourth-order valence-corrected chi connectivity index (χ4v) is 4.74. The zero-order valence-electron chi connectivity index (χ0n) is 20.0. The quantitative estimate of drug-likeness (QED) is 0.514. The number of carbonyl (C=O) groups excluding carboxylic acids is 1. The number of piperazine rings is 1. The van der Waals surface area contributed by atoms with Crippen LogP contribution in [-0.4, -0.2) is 64.9 Å². The lowest BCUT2D eigenvalue weighted by Crippen LogP contribution is -2.56. The van der Waals surface area contributed by atoms with E-state index in [1.165, 1.54) is 12.0 Å². The number of aromatic amines is 1. The van der Waals surface area contributed by atoms with E-state index in [0.717, 1.165) is 43.0 Å². The normalized spacial score (nSPS) is 18.3. The third kappa shape index (κ3) is 5.34. The highest BCUT2D eigenvalue weighted by Gasteiger charge is 2.32. The van der Waals surface area contributed by atoms with Crippen molar-refractivity contribution < 1.29 is 14.3 Å². The van der Waals surface area contributed by atoms with Gasteiger partial charge in [0.25, 0.3) is 0 Å². The monoisotopic (exact) mass is 476 g/mol. The van der Waals surface area contributed by atoms with Crippen molar-refractivity contribution in [2.45, 2.75) is 44.2 Å². The molecule has 1 atom stereocenters. The summed E-state index contributed by atoms with van der Waals surface area (Å²) in [5.74, 6) is 2.20. The first-order valence-electron chi connectivity index (χ1n) is 12.2. The molecular weight excluding hydrogens is 444 g/mol. The molecule has 1 aliphatic heterocycles. The number of nitrogens with zero attached hydrogens (tertiary/aromatic N) is 4. The van der Waals surface area contributed by atoms with Gasteiger partial charge in [-0.3, -0.25) is 9.89 Å². The van der Waals surface area contributed by atoms with E-state index >= 15 is 0 Å². The molecule has 3 N–H and O–H groups in total. The summed E-state index contributed by atoms with van der Waals surface area (Å²) in [7, 11) is 1.67. The number of ether oxygens (including phenoxy) is 2. The molecule has 2 aliphatic rings. The van der Waals surface area contributed by atoms with Crippen molar-refractivity contribution in [1.29, 1.82) is 0 Å². The highest BCUT2D eigenvalue weighted by Crippen LogP contribution is 2.36. The topological polar surface area (TPSA) is 110 Å². The molecular formula is C26H32N6O3. The second-order valence-electron chi connectivity index (χ2n) is 9.20. The van der Waals surface area contributed by atoms with Gasteiger partial charge in [-0.05, 0) is 43.4 Å². The van der Waals surface area contributed by atoms with E-state index in [1.807, 2.05) is 29.2 Å². The lowest BCUT2D eigenvalue weighted by Gasteiger charge is -2.43. The van der Waals surface area contributed by atoms with Crippen LogP contribution < -0.4 is 20.1 Å². The van der Waals surface area contributed by atoms with Crippen molar-refractivity contribution in [2.75, 3.05) is 37.4 Å². The summed E-state index contributed by atoms with van der Waals surface area (Å²) in [5.41, 5.74) is 7.89. The van der Waals surface area contributed by atoms with E-state index in [1.54, 1.807) is 7.11 Å².